The molecule has 0 fully saturated rings. The lowest BCUT2D eigenvalue weighted by Gasteiger charge is -2.11. The number of rotatable bonds is 9. The highest BCUT2D eigenvalue weighted by Crippen LogP contribution is 2.39. The Kier molecular flexibility index (Phi) is 7.13. The fourth-order valence-corrected chi connectivity index (χ4v) is 4.29. The van der Waals surface area contributed by atoms with Crippen molar-refractivity contribution in [2.24, 2.45) is 0 Å². The number of carbonyl (C=O) groups excluding carboxylic acids is 1. The van der Waals surface area contributed by atoms with Crippen molar-refractivity contribution < 1.29 is 13.9 Å². The standard InChI is InChI=1S/C29H31NO3/c1-4-5-6-9-15-30-29(31)16-20(2)24-17-25-26(19-33-28(25)18-27(24)32-3)23-14-10-12-21-11-7-8-13-22(21)23/h7-8,10-14,16-19H,4-6,9,15H2,1-3H3,(H,30,31)/b20-16+. The smallest absolute Gasteiger partial charge is 0.244 e. The van der Waals surface area contributed by atoms with Gasteiger partial charge in [-0.3, -0.25) is 4.79 Å². The molecule has 0 radical (unpaired) electrons. The van der Waals surface area contributed by atoms with E-state index in [1.807, 2.05) is 19.1 Å². The average molecular weight is 442 g/mol. The van der Waals surface area contributed by atoms with Crippen molar-refractivity contribution in [1.29, 1.82) is 0 Å². The third kappa shape index (κ3) is 4.95. The molecule has 33 heavy (non-hydrogen) atoms. The molecule has 0 aliphatic rings. The fourth-order valence-electron chi connectivity index (χ4n) is 4.29. The Balaban J connectivity index is 1.68. The van der Waals surface area contributed by atoms with Crippen molar-refractivity contribution in [2.75, 3.05) is 13.7 Å². The monoisotopic (exact) mass is 441 g/mol. The van der Waals surface area contributed by atoms with E-state index in [9.17, 15) is 4.79 Å². The van der Waals surface area contributed by atoms with E-state index in [4.69, 9.17) is 9.15 Å². The number of allylic oxidation sites excluding steroid dienone is 1. The Hall–Kier alpha value is -3.53. The van der Waals surface area contributed by atoms with Gasteiger partial charge in [0.1, 0.15) is 11.3 Å². The van der Waals surface area contributed by atoms with Gasteiger partial charge in [0.2, 0.25) is 5.91 Å². The van der Waals surface area contributed by atoms with Gasteiger partial charge >= 0.3 is 0 Å². The molecule has 4 aromatic rings. The molecule has 4 rings (SSSR count). The van der Waals surface area contributed by atoms with Gasteiger partial charge in [0.15, 0.2) is 0 Å². The van der Waals surface area contributed by atoms with Gasteiger partial charge in [-0.15, -0.1) is 0 Å². The van der Waals surface area contributed by atoms with Gasteiger partial charge in [-0.2, -0.15) is 0 Å². The van der Waals surface area contributed by atoms with Gasteiger partial charge in [-0.05, 0) is 41.3 Å². The fraction of sp³-hybridized carbons (Fsp3) is 0.276. The Morgan fingerprint density at radius 2 is 1.82 bits per heavy atom. The first-order valence-electron chi connectivity index (χ1n) is 11.7. The Bertz CT molecular complexity index is 1290. The maximum Gasteiger partial charge on any atom is 0.244 e. The number of benzene rings is 3. The molecule has 0 spiro atoms. The molecule has 0 aliphatic heterocycles. The first-order valence-corrected chi connectivity index (χ1v) is 11.7. The van der Waals surface area contributed by atoms with Crippen LogP contribution in [0.4, 0.5) is 0 Å². The zero-order valence-corrected chi connectivity index (χ0v) is 19.6. The molecular weight excluding hydrogens is 410 g/mol. The van der Waals surface area contributed by atoms with Crippen molar-refractivity contribution in [2.45, 2.75) is 39.5 Å². The Morgan fingerprint density at radius 3 is 2.64 bits per heavy atom. The summed E-state index contributed by atoms with van der Waals surface area (Å²) in [5, 5.41) is 6.35. The molecule has 0 saturated carbocycles. The summed E-state index contributed by atoms with van der Waals surface area (Å²) in [7, 11) is 1.64. The molecule has 0 bridgehead atoms. The molecule has 170 valence electrons. The van der Waals surface area contributed by atoms with Gasteiger partial charge < -0.3 is 14.5 Å². The molecule has 0 unspecified atom stereocenters. The average Bonchev–Trinajstić information content (AvgIpc) is 3.25. The number of furan rings is 1. The van der Waals surface area contributed by atoms with Gasteiger partial charge in [0, 0.05) is 35.2 Å². The molecule has 1 aromatic heterocycles. The number of hydrogen-bond acceptors (Lipinski definition) is 3. The van der Waals surface area contributed by atoms with Gasteiger partial charge in [0.05, 0.1) is 13.4 Å². The highest BCUT2D eigenvalue weighted by molar-refractivity contribution is 6.06. The van der Waals surface area contributed by atoms with Crippen LogP contribution >= 0.6 is 0 Å². The molecule has 1 heterocycles. The number of amides is 1. The van der Waals surface area contributed by atoms with Crippen molar-refractivity contribution in [3.63, 3.8) is 0 Å². The molecule has 1 amide bonds. The SMILES string of the molecule is CCCCCCNC(=O)/C=C(\C)c1cc2c(-c3cccc4ccccc34)coc2cc1OC. The molecule has 3 aromatic carbocycles. The van der Waals surface area contributed by atoms with Gasteiger partial charge in [-0.1, -0.05) is 68.7 Å². The molecule has 0 saturated heterocycles. The summed E-state index contributed by atoms with van der Waals surface area (Å²) >= 11 is 0. The van der Waals surface area contributed by atoms with Crippen molar-refractivity contribution in [3.05, 3.63) is 72.5 Å². The lowest BCUT2D eigenvalue weighted by molar-refractivity contribution is -0.116. The minimum atomic E-state index is -0.0763. The van der Waals surface area contributed by atoms with Crippen molar-refractivity contribution in [3.8, 4) is 16.9 Å². The maximum atomic E-state index is 12.5. The second-order valence-corrected chi connectivity index (χ2v) is 8.40. The highest BCUT2D eigenvalue weighted by atomic mass is 16.5. The first kappa shape index (κ1) is 22.7. The van der Waals surface area contributed by atoms with Crippen molar-refractivity contribution in [1.82, 2.24) is 5.32 Å². The van der Waals surface area contributed by atoms with E-state index in [0.29, 0.717) is 12.3 Å². The Labute approximate surface area is 195 Å². The number of nitrogens with one attached hydrogen (secondary N) is 1. The molecule has 0 atom stereocenters. The van der Waals surface area contributed by atoms with E-state index in [-0.39, 0.29) is 5.91 Å². The number of unbranched alkanes of at least 4 members (excludes halogenated alkanes) is 3. The number of carbonyl (C=O) groups is 1. The van der Waals surface area contributed by atoms with Crippen LogP contribution in [0.15, 0.2) is 71.4 Å². The summed E-state index contributed by atoms with van der Waals surface area (Å²) in [6.45, 7) is 4.82. The number of hydrogen-bond donors (Lipinski definition) is 1. The molecule has 4 heteroatoms. The molecular formula is C29H31NO3. The van der Waals surface area contributed by atoms with Crippen LogP contribution in [0.25, 0.3) is 38.4 Å². The number of ether oxygens (including phenoxy) is 1. The third-order valence-corrected chi connectivity index (χ3v) is 6.08. The van der Waals surface area contributed by atoms with E-state index in [1.54, 1.807) is 19.4 Å². The highest BCUT2D eigenvalue weighted by Gasteiger charge is 2.16. The van der Waals surface area contributed by atoms with E-state index >= 15 is 0 Å². The van der Waals surface area contributed by atoms with Gasteiger partial charge in [-0.25, -0.2) is 0 Å². The van der Waals surface area contributed by atoms with E-state index in [1.165, 1.54) is 23.6 Å². The summed E-state index contributed by atoms with van der Waals surface area (Å²) in [5.74, 6) is 0.610. The minimum absolute atomic E-state index is 0.0763. The second kappa shape index (κ2) is 10.4. The van der Waals surface area contributed by atoms with E-state index in [0.717, 1.165) is 46.1 Å². The summed E-state index contributed by atoms with van der Waals surface area (Å²) < 4.78 is 11.6. The van der Waals surface area contributed by atoms with E-state index in [2.05, 4.69) is 54.7 Å². The van der Waals surface area contributed by atoms with Crippen LogP contribution in [-0.4, -0.2) is 19.6 Å². The molecule has 4 nitrogen and oxygen atoms in total. The topological polar surface area (TPSA) is 51.5 Å². The van der Waals surface area contributed by atoms with Crippen LogP contribution in [0.1, 0.15) is 45.1 Å². The zero-order chi connectivity index (χ0) is 23.2. The largest absolute Gasteiger partial charge is 0.496 e. The summed E-state index contributed by atoms with van der Waals surface area (Å²) in [4.78, 5) is 12.5. The third-order valence-electron chi connectivity index (χ3n) is 6.08. The quantitative estimate of drug-likeness (QED) is 0.218. The lowest BCUT2D eigenvalue weighted by Crippen LogP contribution is -2.22. The van der Waals surface area contributed by atoms with Crippen LogP contribution in [0, 0.1) is 0 Å². The van der Waals surface area contributed by atoms with Crippen LogP contribution in [0.3, 0.4) is 0 Å². The number of methoxy groups -OCH3 is 1. The Morgan fingerprint density at radius 1 is 1.00 bits per heavy atom. The van der Waals surface area contributed by atoms with Crippen LogP contribution in [0.5, 0.6) is 5.75 Å². The summed E-state index contributed by atoms with van der Waals surface area (Å²) in [6, 6.07) is 18.6. The summed E-state index contributed by atoms with van der Waals surface area (Å²) in [5.41, 5.74) is 4.64. The second-order valence-electron chi connectivity index (χ2n) is 8.40. The normalized spacial score (nSPS) is 11.8. The van der Waals surface area contributed by atoms with Gasteiger partial charge in [0.25, 0.3) is 0 Å². The predicted octanol–water partition coefficient (Wildman–Crippen LogP) is 7.36. The van der Waals surface area contributed by atoms with Crippen molar-refractivity contribution >= 4 is 33.2 Å². The maximum absolute atomic E-state index is 12.5. The lowest BCUT2D eigenvalue weighted by atomic mass is 9.96. The molecule has 0 aliphatic carbocycles. The summed E-state index contributed by atoms with van der Waals surface area (Å²) in [6.07, 6.45) is 7.99. The first-order chi connectivity index (χ1) is 16.1. The van der Waals surface area contributed by atoms with Crippen LogP contribution in [-0.2, 0) is 4.79 Å². The van der Waals surface area contributed by atoms with Crippen LogP contribution < -0.4 is 10.1 Å². The van der Waals surface area contributed by atoms with E-state index < -0.39 is 0 Å². The zero-order valence-electron chi connectivity index (χ0n) is 19.6. The van der Waals surface area contributed by atoms with Crippen LogP contribution in [0.2, 0.25) is 0 Å². The number of fused-ring (bicyclic) bond motifs is 2. The predicted molar refractivity (Wildman–Crippen MR) is 137 cm³/mol. The minimum Gasteiger partial charge on any atom is -0.496 e. The molecule has 1 N–H and O–H groups in total.